The Balaban J connectivity index is 2.01. The molecule has 1 saturated carbocycles. The highest BCUT2D eigenvalue weighted by atomic mass is 16.3. The summed E-state index contributed by atoms with van der Waals surface area (Å²) in [7, 11) is 0. The zero-order valence-electron chi connectivity index (χ0n) is 12.7. The van der Waals surface area contributed by atoms with Gasteiger partial charge in [-0.3, -0.25) is 0 Å². The summed E-state index contributed by atoms with van der Waals surface area (Å²) >= 11 is 0. The van der Waals surface area contributed by atoms with Crippen LogP contribution in [0.4, 0.5) is 0 Å². The molecule has 0 radical (unpaired) electrons. The summed E-state index contributed by atoms with van der Waals surface area (Å²) in [5.74, 6) is 1.38. The Morgan fingerprint density at radius 1 is 1.16 bits per heavy atom. The molecule has 0 amide bonds. The zero-order valence-corrected chi connectivity index (χ0v) is 12.7. The lowest BCUT2D eigenvalue weighted by atomic mass is 9.76. The molecule has 1 atom stereocenters. The quantitative estimate of drug-likeness (QED) is 0.812. The Labute approximate surface area is 118 Å². The second-order valence-corrected chi connectivity index (χ2v) is 6.30. The van der Waals surface area contributed by atoms with Crippen molar-refractivity contribution in [3.8, 4) is 0 Å². The van der Waals surface area contributed by atoms with Gasteiger partial charge in [-0.2, -0.15) is 0 Å². The lowest BCUT2D eigenvalue weighted by Crippen LogP contribution is -2.21. The van der Waals surface area contributed by atoms with E-state index in [-0.39, 0.29) is 6.10 Å². The molecule has 106 valence electrons. The van der Waals surface area contributed by atoms with Crippen molar-refractivity contribution < 1.29 is 5.11 Å². The van der Waals surface area contributed by atoms with Crippen LogP contribution in [0.1, 0.15) is 68.2 Å². The minimum Gasteiger partial charge on any atom is -0.388 e. The molecular formula is C18H28O. The smallest absolute Gasteiger partial charge is 0.0820 e. The van der Waals surface area contributed by atoms with E-state index in [1.165, 1.54) is 49.7 Å². The van der Waals surface area contributed by atoms with Crippen LogP contribution >= 0.6 is 0 Å². The lowest BCUT2D eigenvalue weighted by Gasteiger charge is -2.32. The summed E-state index contributed by atoms with van der Waals surface area (Å²) in [4.78, 5) is 0. The van der Waals surface area contributed by atoms with Crippen LogP contribution in [0.3, 0.4) is 0 Å². The molecule has 1 aromatic rings. The first-order valence-electron chi connectivity index (χ1n) is 7.87. The minimum absolute atomic E-state index is 0.262. The largest absolute Gasteiger partial charge is 0.388 e. The number of benzene rings is 1. The summed E-state index contributed by atoms with van der Waals surface area (Å²) in [6.07, 6.45) is 7.41. The van der Waals surface area contributed by atoms with Crippen molar-refractivity contribution in [1.82, 2.24) is 0 Å². The summed E-state index contributed by atoms with van der Waals surface area (Å²) in [6, 6.07) is 6.30. The molecule has 1 aromatic carbocycles. The molecule has 1 nitrogen and oxygen atoms in total. The number of aliphatic hydroxyl groups is 1. The highest BCUT2D eigenvalue weighted by Crippen LogP contribution is 2.39. The molecule has 1 fully saturated rings. The summed E-state index contributed by atoms with van der Waals surface area (Å²) < 4.78 is 0. The highest BCUT2D eigenvalue weighted by Gasteiger charge is 2.27. The van der Waals surface area contributed by atoms with Crippen LogP contribution in [0.25, 0.3) is 0 Å². The van der Waals surface area contributed by atoms with E-state index in [4.69, 9.17) is 0 Å². The normalized spacial score (nSPS) is 25.3. The molecule has 0 spiro atoms. The molecule has 19 heavy (non-hydrogen) atoms. The van der Waals surface area contributed by atoms with Crippen molar-refractivity contribution in [1.29, 1.82) is 0 Å². The number of aryl methyl sites for hydroxylation is 1. The summed E-state index contributed by atoms with van der Waals surface area (Å²) in [6.45, 7) is 6.54. The Morgan fingerprint density at radius 2 is 1.84 bits per heavy atom. The van der Waals surface area contributed by atoms with Crippen LogP contribution < -0.4 is 0 Å². The third-order valence-electron chi connectivity index (χ3n) is 5.00. The van der Waals surface area contributed by atoms with Gasteiger partial charge in [0.15, 0.2) is 0 Å². The second-order valence-electron chi connectivity index (χ2n) is 6.30. The van der Waals surface area contributed by atoms with Gasteiger partial charge < -0.3 is 5.11 Å². The van der Waals surface area contributed by atoms with E-state index < -0.39 is 0 Å². The molecule has 2 rings (SSSR count). The van der Waals surface area contributed by atoms with Crippen molar-refractivity contribution in [3.05, 3.63) is 34.9 Å². The molecule has 1 aliphatic rings. The van der Waals surface area contributed by atoms with Crippen LogP contribution in [-0.2, 0) is 0 Å². The maximum atomic E-state index is 10.7. The molecule has 0 bridgehead atoms. The van der Waals surface area contributed by atoms with Crippen molar-refractivity contribution >= 4 is 0 Å². The van der Waals surface area contributed by atoms with Gasteiger partial charge in [-0.25, -0.2) is 0 Å². The van der Waals surface area contributed by atoms with E-state index in [2.05, 4.69) is 39.0 Å². The van der Waals surface area contributed by atoms with E-state index in [1.54, 1.807) is 0 Å². The SMILES string of the molecule is CCCC1CCC(C(O)c2cccc(C)c2C)CC1. The first kappa shape index (κ1) is 14.6. The van der Waals surface area contributed by atoms with Crippen molar-refractivity contribution in [2.75, 3.05) is 0 Å². The fourth-order valence-corrected chi connectivity index (χ4v) is 3.55. The van der Waals surface area contributed by atoms with Crippen molar-refractivity contribution in [2.24, 2.45) is 11.8 Å². The summed E-state index contributed by atoms with van der Waals surface area (Å²) in [5.41, 5.74) is 3.71. The van der Waals surface area contributed by atoms with Crippen molar-refractivity contribution in [2.45, 2.75) is 65.4 Å². The van der Waals surface area contributed by atoms with Gasteiger partial charge in [0.25, 0.3) is 0 Å². The van der Waals surface area contributed by atoms with E-state index in [0.717, 1.165) is 11.5 Å². The van der Waals surface area contributed by atoms with E-state index in [1.807, 2.05) is 0 Å². The number of aliphatic hydroxyl groups excluding tert-OH is 1. The fraction of sp³-hybridized carbons (Fsp3) is 0.667. The topological polar surface area (TPSA) is 20.2 Å². The second kappa shape index (κ2) is 6.56. The van der Waals surface area contributed by atoms with Gasteiger partial charge in [0.1, 0.15) is 0 Å². The Bertz CT molecular complexity index is 402. The fourth-order valence-electron chi connectivity index (χ4n) is 3.55. The molecule has 0 heterocycles. The highest BCUT2D eigenvalue weighted by molar-refractivity contribution is 5.34. The Hall–Kier alpha value is -0.820. The predicted molar refractivity (Wildman–Crippen MR) is 81.2 cm³/mol. The van der Waals surface area contributed by atoms with E-state index >= 15 is 0 Å². The predicted octanol–water partition coefficient (Wildman–Crippen LogP) is 4.94. The zero-order chi connectivity index (χ0) is 13.8. The van der Waals surface area contributed by atoms with Crippen molar-refractivity contribution in [3.63, 3.8) is 0 Å². The molecule has 1 heteroatoms. The Kier molecular flexibility index (Phi) is 5.04. The van der Waals surface area contributed by atoms with Gasteiger partial charge in [0.2, 0.25) is 0 Å². The van der Waals surface area contributed by atoms with Gasteiger partial charge in [-0.1, -0.05) is 50.8 Å². The minimum atomic E-state index is -0.262. The summed E-state index contributed by atoms with van der Waals surface area (Å²) in [5, 5.41) is 10.7. The first-order chi connectivity index (χ1) is 9.13. The van der Waals surface area contributed by atoms with Crippen LogP contribution in [0.5, 0.6) is 0 Å². The van der Waals surface area contributed by atoms with Gasteiger partial charge in [0, 0.05) is 0 Å². The molecule has 0 aliphatic heterocycles. The molecule has 1 N–H and O–H groups in total. The molecule has 1 aliphatic carbocycles. The average Bonchev–Trinajstić information content (AvgIpc) is 2.42. The molecule has 1 unspecified atom stereocenters. The van der Waals surface area contributed by atoms with Crippen LogP contribution in [0.2, 0.25) is 0 Å². The number of hydrogen-bond donors (Lipinski definition) is 1. The van der Waals surface area contributed by atoms with Gasteiger partial charge in [0.05, 0.1) is 6.10 Å². The van der Waals surface area contributed by atoms with Gasteiger partial charge in [-0.05, 0) is 55.2 Å². The van der Waals surface area contributed by atoms with Gasteiger partial charge >= 0.3 is 0 Å². The monoisotopic (exact) mass is 260 g/mol. The third-order valence-corrected chi connectivity index (χ3v) is 5.00. The first-order valence-corrected chi connectivity index (χ1v) is 7.87. The standard InChI is InChI=1S/C18H28O/c1-4-6-15-9-11-16(12-10-15)18(19)17-8-5-7-13(2)14(17)3/h5,7-8,15-16,18-19H,4,6,9-12H2,1-3H3. The van der Waals surface area contributed by atoms with Crippen LogP contribution in [-0.4, -0.2) is 5.11 Å². The van der Waals surface area contributed by atoms with E-state index in [0.29, 0.717) is 5.92 Å². The maximum Gasteiger partial charge on any atom is 0.0820 e. The van der Waals surface area contributed by atoms with Crippen LogP contribution in [0.15, 0.2) is 18.2 Å². The third kappa shape index (κ3) is 3.39. The Morgan fingerprint density at radius 3 is 2.47 bits per heavy atom. The number of rotatable bonds is 4. The average molecular weight is 260 g/mol. The number of hydrogen-bond acceptors (Lipinski definition) is 1. The molecule has 0 saturated heterocycles. The molecular weight excluding hydrogens is 232 g/mol. The van der Waals surface area contributed by atoms with Gasteiger partial charge in [-0.15, -0.1) is 0 Å². The molecule has 0 aromatic heterocycles. The lowest BCUT2D eigenvalue weighted by molar-refractivity contribution is 0.0717. The van der Waals surface area contributed by atoms with Crippen LogP contribution in [0, 0.1) is 25.7 Å². The van der Waals surface area contributed by atoms with E-state index in [9.17, 15) is 5.11 Å². The maximum absolute atomic E-state index is 10.7.